The van der Waals surface area contributed by atoms with Crippen molar-refractivity contribution in [3.05, 3.63) is 17.2 Å². The van der Waals surface area contributed by atoms with Crippen LogP contribution in [0.4, 0.5) is 0 Å². The van der Waals surface area contributed by atoms with Crippen molar-refractivity contribution < 1.29 is 0 Å². The second-order valence-electron chi connectivity index (χ2n) is 4.47. The van der Waals surface area contributed by atoms with Crippen LogP contribution in [-0.2, 0) is 6.42 Å². The molecule has 2 heterocycles. The van der Waals surface area contributed by atoms with Gasteiger partial charge in [-0.1, -0.05) is 13.3 Å². The number of H-pyrrole nitrogens is 1. The predicted octanol–water partition coefficient (Wildman–Crippen LogP) is 2.14. The zero-order valence-electron chi connectivity index (χ0n) is 9.77. The van der Waals surface area contributed by atoms with Gasteiger partial charge < -0.3 is 10.3 Å². The van der Waals surface area contributed by atoms with Gasteiger partial charge in [0, 0.05) is 11.6 Å². The molecule has 2 N–H and O–H groups in total. The Morgan fingerprint density at radius 3 is 2.73 bits per heavy atom. The summed E-state index contributed by atoms with van der Waals surface area (Å²) in [6, 6.07) is 0. The minimum absolute atomic E-state index is 0.649. The Bertz CT molecular complexity index is 311. The molecule has 0 unspecified atom stereocenters. The summed E-state index contributed by atoms with van der Waals surface area (Å²) in [5.41, 5.74) is 2.54. The van der Waals surface area contributed by atoms with Crippen LogP contribution >= 0.6 is 0 Å². The maximum Gasteiger partial charge on any atom is 0.109 e. The molecule has 2 rings (SSSR count). The number of aromatic nitrogens is 2. The van der Waals surface area contributed by atoms with Crippen LogP contribution in [0.15, 0.2) is 0 Å². The molecule has 0 aromatic carbocycles. The number of hydrogen-bond acceptors (Lipinski definition) is 2. The van der Waals surface area contributed by atoms with E-state index in [9.17, 15) is 0 Å². The molecule has 0 saturated carbocycles. The number of rotatable bonds is 3. The maximum atomic E-state index is 4.74. The molecular weight excluding hydrogens is 186 g/mol. The molecular formula is C12H21N3. The lowest BCUT2D eigenvalue weighted by molar-refractivity contribution is 0.446. The van der Waals surface area contributed by atoms with Gasteiger partial charge >= 0.3 is 0 Å². The van der Waals surface area contributed by atoms with Crippen molar-refractivity contribution in [1.82, 2.24) is 15.3 Å². The molecule has 3 heteroatoms. The highest BCUT2D eigenvalue weighted by atomic mass is 15.0. The quantitative estimate of drug-likeness (QED) is 0.797. The first-order chi connectivity index (χ1) is 7.31. The molecule has 1 aromatic rings. The second kappa shape index (κ2) is 4.79. The number of nitrogens with zero attached hydrogens (tertiary/aromatic N) is 1. The van der Waals surface area contributed by atoms with Gasteiger partial charge in [-0.3, -0.25) is 0 Å². The van der Waals surface area contributed by atoms with E-state index in [0.29, 0.717) is 5.92 Å². The van der Waals surface area contributed by atoms with Crippen LogP contribution in [0.25, 0.3) is 0 Å². The average Bonchev–Trinajstić information content (AvgIpc) is 2.63. The van der Waals surface area contributed by atoms with E-state index in [2.05, 4.69) is 24.1 Å². The summed E-state index contributed by atoms with van der Waals surface area (Å²) in [4.78, 5) is 8.20. The Labute approximate surface area is 91.7 Å². The summed E-state index contributed by atoms with van der Waals surface area (Å²) in [6.07, 6.45) is 4.72. The third-order valence-electron chi connectivity index (χ3n) is 3.22. The monoisotopic (exact) mass is 207 g/mol. The zero-order valence-corrected chi connectivity index (χ0v) is 9.77. The van der Waals surface area contributed by atoms with Crippen LogP contribution in [0.1, 0.15) is 49.3 Å². The Morgan fingerprint density at radius 2 is 2.07 bits per heavy atom. The van der Waals surface area contributed by atoms with Crippen molar-refractivity contribution >= 4 is 0 Å². The van der Waals surface area contributed by atoms with Gasteiger partial charge in [0.15, 0.2) is 0 Å². The van der Waals surface area contributed by atoms with Gasteiger partial charge in [0.1, 0.15) is 5.82 Å². The Kier molecular flexibility index (Phi) is 3.41. The van der Waals surface area contributed by atoms with Crippen LogP contribution in [-0.4, -0.2) is 23.1 Å². The lowest BCUT2D eigenvalue weighted by Gasteiger charge is -2.20. The first-order valence-electron chi connectivity index (χ1n) is 6.07. The van der Waals surface area contributed by atoms with Gasteiger partial charge in [0.2, 0.25) is 0 Å². The molecule has 84 valence electrons. The van der Waals surface area contributed by atoms with E-state index < -0.39 is 0 Å². The topological polar surface area (TPSA) is 40.7 Å². The van der Waals surface area contributed by atoms with Crippen LogP contribution in [0.3, 0.4) is 0 Å². The third-order valence-corrected chi connectivity index (χ3v) is 3.22. The summed E-state index contributed by atoms with van der Waals surface area (Å²) in [5.74, 6) is 1.87. The first-order valence-corrected chi connectivity index (χ1v) is 6.07. The van der Waals surface area contributed by atoms with Crippen molar-refractivity contribution in [3.63, 3.8) is 0 Å². The molecule has 1 aliphatic rings. The largest absolute Gasteiger partial charge is 0.346 e. The van der Waals surface area contributed by atoms with Crippen LogP contribution in [0, 0.1) is 6.92 Å². The summed E-state index contributed by atoms with van der Waals surface area (Å²) >= 11 is 0. The number of hydrogen-bond donors (Lipinski definition) is 2. The summed E-state index contributed by atoms with van der Waals surface area (Å²) in [5, 5.41) is 3.39. The van der Waals surface area contributed by atoms with E-state index in [0.717, 1.165) is 19.5 Å². The molecule has 1 aliphatic heterocycles. The lowest BCUT2D eigenvalue weighted by atomic mass is 9.98. The molecule has 1 saturated heterocycles. The van der Waals surface area contributed by atoms with E-state index in [1.54, 1.807) is 0 Å². The molecule has 0 bridgehead atoms. The minimum atomic E-state index is 0.649. The number of nitrogens with one attached hydrogen (secondary N) is 2. The fraction of sp³-hybridized carbons (Fsp3) is 0.750. The number of aryl methyl sites for hydroxylation is 2. The molecule has 0 aliphatic carbocycles. The van der Waals surface area contributed by atoms with Gasteiger partial charge in [-0.25, -0.2) is 4.98 Å². The van der Waals surface area contributed by atoms with Crippen molar-refractivity contribution in [2.75, 3.05) is 13.1 Å². The molecule has 0 amide bonds. The van der Waals surface area contributed by atoms with Crippen molar-refractivity contribution in [3.8, 4) is 0 Å². The number of aromatic amines is 1. The molecule has 0 spiro atoms. The Hall–Kier alpha value is -0.830. The average molecular weight is 207 g/mol. The molecule has 0 atom stereocenters. The number of imidazole rings is 1. The highest BCUT2D eigenvalue weighted by Gasteiger charge is 2.19. The Morgan fingerprint density at radius 1 is 1.33 bits per heavy atom. The van der Waals surface area contributed by atoms with Crippen LogP contribution in [0.2, 0.25) is 0 Å². The van der Waals surface area contributed by atoms with Crippen molar-refractivity contribution in [2.45, 2.75) is 45.4 Å². The van der Waals surface area contributed by atoms with E-state index in [4.69, 9.17) is 4.98 Å². The van der Waals surface area contributed by atoms with Gasteiger partial charge in [-0.05, 0) is 39.3 Å². The van der Waals surface area contributed by atoms with E-state index in [1.807, 2.05) is 0 Å². The van der Waals surface area contributed by atoms with Gasteiger partial charge in [0.05, 0.1) is 5.69 Å². The number of piperidine rings is 1. The smallest absolute Gasteiger partial charge is 0.109 e. The molecule has 1 aromatic heterocycles. The second-order valence-corrected chi connectivity index (χ2v) is 4.47. The molecule has 0 radical (unpaired) electrons. The van der Waals surface area contributed by atoms with Crippen LogP contribution < -0.4 is 5.32 Å². The molecule has 1 fully saturated rings. The summed E-state index contributed by atoms with van der Waals surface area (Å²) < 4.78 is 0. The SMILES string of the molecule is CCCc1nc(C2CCNCC2)[nH]c1C. The summed E-state index contributed by atoms with van der Waals surface area (Å²) in [6.45, 7) is 6.61. The minimum Gasteiger partial charge on any atom is -0.346 e. The van der Waals surface area contributed by atoms with E-state index in [1.165, 1.54) is 36.5 Å². The van der Waals surface area contributed by atoms with Crippen LogP contribution in [0.5, 0.6) is 0 Å². The molecule has 3 nitrogen and oxygen atoms in total. The normalized spacial score (nSPS) is 18.3. The van der Waals surface area contributed by atoms with Gasteiger partial charge in [0.25, 0.3) is 0 Å². The van der Waals surface area contributed by atoms with Crippen molar-refractivity contribution in [2.24, 2.45) is 0 Å². The lowest BCUT2D eigenvalue weighted by Crippen LogP contribution is -2.27. The first kappa shape index (κ1) is 10.7. The van der Waals surface area contributed by atoms with E-state index >= 15 is 0 Å². The summed E-state index contributed by atoms with van der Waals surface area (Å²) in [7, 11) is 0. The standard InChI is InChI=1S/C12H21N3/c1-3-4-11-9(2)14-12(15-11)10-5-7-13-8-6-10/h10,13H,3-8H2,1-2H3,(H,14,15). The van der Waals surface area contributed by atoms with Gasteiger partial charge in [-0.15, -0.1) is 0 Å². The molecule has 15 heavy (non-hydrogen) atoms. The zero-order chi connectivity index (χ0) is 10.7. The predicted molar refractivity (Wildman–Crippen MR) is 62.2 cm³/mol. The highest BCUT2D eigenvalue weighted by Crippen LogP contribution is 2.23. The highest BCUT2D eigenvalue weighted by molar-refractivity contribution is 5.15. The Balaban J connectivity index is 2.10. The van der Waals surface area contributed by atoms with E-state index in [-0.39, 0.29) is 0 Å². The fourth-order valence-corrected chi connectivity index (χ4v) is 2.29. The maximum absolute atomic E-state index is 4.74. The van der Waals surface area contributed by atoms with Gasteiger partial charge in [-0.2, -0.15) is 0 Å². The van der Waals surface area contributed by atoms with Crippen molar-refractivity contribution in [1.29, 1.82) is 0 Å². The third kappa shape index (κ3) is 2.40. The fourth-order valence-electron chi connectivity index (χ4n) is 2.29.